The maximum Gasteiger partial charge on any atom is 0.337 e. The molecule has 1 N–H and O–H groups in total. The fourth-order valence-corrected chi connectivity index (χ4v) is 3.98. The average Bonchev–Trinajstić information content (AvgIpc) is 2.65. The fourth-order valence-electron chi connectivity index (χ4n) is 3.98. The van der Waals surface area contributed by atoms with Crippen molar-refractivity contribution in [3.05, 3.63) is 46.3 Å². The average molecular weight is 385 g/mol. The Bertz CT molecular complexity index is 866. The van der Waals surface area contributed by atoms with E-state index in [4.69, 9.17) is 14.2 Å². The largest absolute Gasteiger partial charge is 0.493 e. The van der Waals surface area contributed by atoms with Gasteiger partial charge in [-0.2, -0.15) is 0 Å². The number of dihydropyridines is 1. The smallest absolute Gasteiger partial charge is 0.337 e. The topological polar surface area (TPSA) is 73.9 Å². The van der Waals surface area contributed by atoms with Crippen LogP contribution in [0.5, 0.6) is 11.5 Å². The zero-order valence-electron chi connectivity index (χ0n) is 17.0. The van der Waals surface area contributed by atoms with Gasteiger partial charge in [-0.15, -0.1) is 0 Å². The van der Waals surface area contributed by atoms with Crippen molar-refractivity contribution in [3.8, 4) is 11.5 Å². The Morgan fingerprint density at radius 3 is 2.57 bits per heavy atom. The third-order valence-electron chi connectivity index (χ3n) is 5.08. The molecule has 0 fully saturated rings. The van der Waals surface area contributed by atoms with Crippen LogP contribution < -0.4 is 14.8 Å². The van der Waals surface area contributed by atoms with Crippen molar-refractivity contribution >= 4 is 11.8 Å². The summed E-state index contributed by atoms with van der Waals surface area (Å²) < 4.78 is 16.6. The van der Waals surface area contributed by atoms with Gasteiger partial charge in [0.05, 0.1) is 31.8 Å². The summed E-state index contributed by atoms with van der Waals surface area (Å²) in [5.74, 6) is 0.133. The van der Waals surface area contributed by atoms with Crippen LogP contribution in [-0.2, 0) is 14.3 Å². The van der Waals surface area contributed by atoms with E-state index < -0.39 is 11.9 Å². The van der Waals surface area contributed by atoms with E-state index in [0.717, 1.165) is 24.1 Å². The number of hydrogen-bond acceptors (Lipinski definition) is 6. The van der Waals surface area contributed by atoms with Crippen molar-refractivity contribution in [1.82, 2.24) is 5.32 Å². The van der Waals surface area contributed by atoms with Gasteiger partial charge < -0.3 is 19.5 Å². The molecule has 0 spiro atoms. The Kier molecular flexibility index (Phi) is 5.77. The van der Waals surface area contributed by atoms with Crippen LogP contribution in [0.4, 0.5) is 0 Å². The Morgan fingerprint density at radius 1 is 1.18 bits per heavy atom. The summed E-state index contributed by atoms with van der Waals surface area (Å²) >= 11 is 0. The number of methoxy groups -OCH3 is 2. The summed E-state index contributed by atoms with van der Waals surface area (Å²) in [6, 6.07) is 5.51. The van der Waals surface area contributed by atoms with Crippen molar-refractivity contribution < 1.29 is 23.8 Å². The van der Waals surface area contributed by atoms with E-state index in [-0.39, 0.29) is 11.9 Å². The van der Waals surface area contributed by atoms with Gasteiger partial charge in [-0.25, -0.2) is 4.79 Å². The monoisotopic (exact) mass is 385 g/mol. The zero-order valence-corrected chi connectivity index (χ0v) is 17.0. The lowest BCUT2D eigenvalue weighted by Gasteiger charge is -2.35. The number of esters is 1. The molecular weight excluding hydrogens is 358 g/mol. The first-order chi connectivity index (χ1) is 13.4. The Hall–Kier alpha value is -2.76. The Balaban J connectivity index is 2.24. The maximum absolute atomic E-state index is 13.0. The van der Waals surface area contributed by atoms with Gasteiger partial charge in [-0.05, 0) is 39.7 Å². The van der Waals surface area contributed by atoms with E-state index in [1.54, 1.807) is 20.3 Å². The Morgan fingerprint density at radius 2 is 1.93 bits per heavy atom. The molecule has 0 aromatic heterocycles. The fraction of sp³-hybridized carbons (Fsp3) is 0.455. The van der Waals surface area contributed by atoms with Crippen LogP contribution in [0.3, 0.4) is 0 Å². The number of rotatable bonds is 5. The third kappa shape index (κ3) is 3.51. The normalized spacial score (nSPS) is 19.4. The first-order valence-corrected chi connectivity index (χ1v) is 9.54. The summed E-state index contributed by atoms with van der Waals surface area (Å²) in [6.45, 7) is 5.46. The highest BCUT2D eigenvalue weighted by Crippen LogP contribution is 2.47. The molecular formula is C22H27NO5. The van der Waals surface area contributed by atoms with Crippen LogP contribution in [0.1, 0.15) is 51.5 Å². The quantitative estimate of drug-likeness (QED) is 0.781. The van der Waals surface area contributed by atoms with Gasteiger partial charge in [0.2, 0.25) is 0 Å². The van der Waals surface area contributed by atoms with Gasteiger partial charge >= 0.3 is 5.97 Å². The first-order valence-electron chi connectivity index (χ1n) is 9.54. The molecule has 28 heavy (non-hydrogen) atoms. The number of carbonyl (C=O) groups is 2. The van der Waals surface area contributed by atoms with Crippen molar-refractivity contribution in [1.29, 1.82) is 0 Å². The molecule has 1 aliphatic heterocycles. The number of ketones is 1. The van der Waals surface area contributed by atoms with Gasteiger partial charge in [0, 0.05) is 29.0 Å². The lowest BCUT2D eigenvalue weighted by atomic mass is 9.75. The standard InChI is InChI=1S/C22H27NO5/c1-12(2)28-22(25)18-13(3)23-15-9-7-10-16(24)20(15)19(18)14-8-6-11-17(26-4)21(14)27-5/h6,8,11-12,19,23H,7,9-10H2,1-5H3/t19-/m0/s1. The molecule has 1 aliphatic carbocycles. The predicted molar refractivity (Wildman–Crippen MR) is 105 cm³/mol. The maximum atomic E-state index is 13.0. The van der Waals surface area contributed by atoms with Gasteiger partial charge in [0.1, 0.15) is 0 Å². The summed E-state index contributed by atoms with van der Waals surface area (Å²) in [6.07, 6.45) is 1.77. The molecule has 1 aromatic carbocycles. The molecule has 2 aliphatic rings. The van der Waals surface area contributed by atoms with Crippen molar-refractivity contribution in [2.24, 2.45) is 0 Å². The van der Waals surface area contributed by atoms with Gasteiger partial charge in [-0.1, -0.05) is 12.1 Å². The van der Waals surface area contributed by atoms with Crippen LogP contribution in [0.25, 0.3) is 0 Å². The minimum Gasteiger partial charge on any atom is -0.493 e. The number of ether oxygens (including phenoxy) is 3. The van der Waals surface area contributed by atoms with E-state index in [1.807, 2.05) is 32.9 Å². The van der Waals surface area contributed by atoms with Crippen LogP contribution >= 0.6 is 0 Å². The SMILES string of the molecule is COc1cccc([C@H]2C(C(=O)OC(C)C)=C(C)NC3=C2C(=O)CCC3)c1OC. The molecule has 6 heteroatoms. The van der Waals surface area contributed by atoms with Crippen LogP contribution in [-0.4, -0.2) is 32.1 Å². The van der Waals surface area contributed by atoms with Crippen molar-refractivity contribution in [2.75, 3.05) is 14.2 Å². The van der Waals surface area contributed by atoms with E-state index in [0.29, 0.717) is 34.8 Å². The highest BCUT2D eigenvalue weighted by molar-refractivity contribution is 6.04. The number of para-hydroxylation sites is 1. The molecule has 0 saturated heterocycles. The van der Waals surface area contributed by atoms with Crippen LogP contribution in [0.15, 0.2) is 40.7 Å². The van der Waals surface area contributed by atoms with Gasteiger partial charge in [0.15, 0.2) is 17.3 Å². The summed E-state index contributed by atoms with van der Waals surface area (Å²) in [4.78, 5) is 25.9. The summed E-state index contributed by atoms with van der Waals surface area (Å²) in [5, 5.41) is 3.28. The minimum atomic E-state index is -0.555. The first kappa shape index (κ1) is 20.0. The zero-order chi connectivity index (χ0) is 20.4. The highest BCUT2D eigenvalue weighted by Gasteiger charge is 2.41. The van der Waals surface area contributed by atoms with E-state index in [9.17, 15) is 9.59 Å². The molecule has 1 atom stereocenters. The number of allylic oxidation sites excluding steroid dienone is 3. The summed E-state index contributed by atoms with van der Waals surface area (Å²) in [7, 11) is 3.12. The molecule has 0 amide bonds. The molecule has 1 heterocycles. The van der Waals surface area contributed by atoms with Crippen LogP contribution in [0.2, 0.25) is 0 Å². The molecule has 0 unspecified atom stereocenters. The second-order valence-corrected chi connectivity index (χ2v) is 7.30. The Labute approximate surface area is 165 Å². The van der Waals surface area contributed by atoms with Gasteiger partial charge in [-0.3, -0.25) is 4.79 Å². The lowest BCUT2D eigenvalue weighted by Crippen LogP contribution is -2.35. The molecule has 150 valence electrons. The third-order valence-corrected chi connectivity index (χ3v) is 5.08. The molecule has 0 saturated carbocycles. The van der Waals surface area contributed by atoms with Crippen molar-refractivity contribution in [3.63, 3.8) is 0 Å². The van der Waals surface area contributed by atoms with E-state index in [2.05, 4.69) is 5.32 Å². The number of hydrogen-bond donors (Lipinski definition) is 1. The predicted octanol–water partition coefficient (Wildman–Crippen LogP) is 3.62. The highest BCUT2D eigenvalue weighted by atomic mass is 16.5. The second-order valence-electron chi connectivity index (χ2n) is 7.30. The van der Waals surface area contributed by atoms with Gasteiger partial charge in [0.25, 0.3) is 0 Å². The number of benzene rings is 1. The second kappa shape index (κ2) is 8.09. The number of Topliss-reactive ketones (excluding diaryl/α,β-unsaturated/α-hetero) is 1. The molecule has 3 rings (SSSR count). The lowest BCUT2D eigenvalue weighted by molar-refractivity contribution is -0.143. The van der Waals surface area contributed by atoms with E-state index >= 15 is 0 Å². The van der Waals surface area contributed by atoms with Crippen LogP contribution in [0, 0.1) is 0 Å². The molecule has 0 bridgehead atoms. The molecule has 1 aromatic rings. The van der Waals surface area contributed by atoms with Crippen molar-refractivity contribution in [2.45, 2.75) is 52.1 Å². The summed E-state index contributed by atoms with van der Waals surface area (Å²) in [5.41, 5.74) is 3.37. The van der Waals surface area contributed by atoms with E-state index in [1.165, 1.54) is 0 Å². The molecule has 6 nitrogen and oxygen atoms in total. The minimum absolute atomic E-state index is 0.0472. The number of nitrogens with one attached hydrogen (secondary N) is 1. The number of carbonyl (C=O) groups excluding carboxylic acids is 2. The molecule has 0 radical (unpaired) electrons.